The van der Waals surface area contributed by atoms with Crippen LogP contribution in [-0.4, -0.2) is 52.1 Å². The van der Waals surface area contributed by atoms with Crippen molar-refractivity contribution in [3.8, 4) is 5.75 Å². The highest BCUT2D eigenvalue weighted by molar-refractivity contribution is 6.77. The molecule has 0 radical (unpaired) electrons. The van der Waals surface area contributed by atoms with Crippen LogP contribution >= 0.6 is 0 Å². The Bertz CT molecular complexity index is 850. The van der Waals surface area contributed by atoms with Crippen molar-refractivity contribution in [2.75, 3.05) is 20.3 Å². The molecule has 0 unspecified atom stereocenters. The molecule has 1 aliphatic rings. The van der Waals surface area contributed by atoms with Gasteiger partial charge in [0.15, 0.2) is 0 Å². The molecule has 0 aliphatic carbocycles. The van der Waals surface area contributed by atoms with E-state index in [1.54, 1.807) is 13.2 Å². The van der Waals surface area contributed by atoms with E-state index in [1.165, 1.54) is 5.57 Å². The first-order valence-electron chi connectivity index (χ1n) is 13.8. The number of rotatable bonds is 15. The van der Waals surface area contributed by atoms with Gasteiger partial charge in [0.1, 0.15) is 5.75 Å². The molecule has 3 atom stereocenters. The van der Waals surface area contributed by atoms with Crippen LogP contribution in [0.25, 0.3) is 0 Å². The van der Waals surface area contributed by atoms with Gasteiger partial charge in [-0.25, -0.2) is 0 Å². The Balaban J connectivity index is 2.40. The lowest BCUT2D eigenvalue weighted by Crippen LogP contribution is -2.52. The highest BCUT2D eigenvalue weighted by atomic mass is 28.4. The van der Waals surface area contributed by atoms with Gasteiger partial charge in [-0.1, -0.05) is 89.6 Å². The van der Waals surface area contributed by atoms with Gasteiger partial charge < -0.3 is 23.7 Å². The summed E-state index contributed by atoms with van der Waals surface area (Å²) in [5, 5.41) is 9.38. The van der Waals surface area contributed by atoms with Crippen molar-refractivity contribution in [3.63, 3.8) is 0 Å². The maximum atomic E-state index is 9.38. The van der Waals surface area contributed by atoms with Gasteiger partial charge in [0.2, 0.25) is 8.32 Å². The number of aliphatic hydroxyl groups is 1. The molecule has 0 aromatic heterocycles. The molecule has 1 aromatic rings. The molecule has 0 fully saturated rings. The van der Waals surface area contributed by atoms with Gasteiger partial charge >= 0.3 is 0 Å². The molecule has 0 saturated heterocycles. The summed E-state index contributed by atoms with van der Waals surface area (Å²) in [7, 11) is -0.524. The number of hydrogen-bond donors (Lipinski definition) is 1. The Kier molecular flexibility index (Phi) is 13.3. The second-order valence-corrected chi connectivity index (χ2v) is 16.4. The fourth-order valence-corrected chi connectivity index (χ4v) is 11.1. The third-order valence-electron chi connectivity index (χ3n) is 7.46. The second kappa shape index (κ2) is 15.6. The normalized spacial score (nSPS) is 18.8. The van der Waals surface area contributed by atoms with Crippen molar-refractivity contribution in [2.45, 2.75) is 103 Å². The lowest BCUT2D eigenvalue weighted by Gasteiger charge is -2.45. The van der Waals surface area contributed by atoms with Crippen LogP contribution in [-0.2, 0) is 20.5 Å². The molecule has 5 nitrogen and oxygen atoms in total. The van der Waals surface area contributed by atoms with Crippen molar-refractivity contribution in [1.82, 2.24) is 0 Å². The zero-order valence-electron chi connectivity index (χ0n) is 24.3. The van der Waals surface area contributed by atoms with E-state index < -0.39 is 8.32 Å². The minimum absolute atomic E-state index is 0.0107. The zero-order chi connectivity index (χ0) is 27.4. The Labute approximate surface area is 226 Å². The molecule has 0 bridgehead atoms. The standard InChI is InChI=1S/C31H50O5Si/c1-23(2)37(24(3)4,25(5)6)36-31(17-16-29-21-26(7)18-20-34-29)30(11-9-10-19-32)35-22-27-12-14-28(33-8)15-13-27/h9-10,12-18,23-25,29-32H,11,19-22H2,1-8H3/b10-9+,17-16+/t29-,30+,31+/m1/s1. The van der Waals surface area contributed by atoms with Crippen molar-refractivity contribution in [3.05, 3.63) is 65.8 Å². The minimum atomic E-state index is -2.20. The minimum Gasteiger partial charge on any atom is -0.497 e. The molecule has 1 aromatic carbocycles. The van der Waals surface area contributed by atoms with Crippen molar-refractivity contribution in [1.29, 1.82) is 0 Å². The van der Waals surface area contributed by atoms with Crippen molar-refractivity contribution < 1.29 is 23.7 Å². The van der Waals surface area contributed by atoms with Gasteiger partial charge in [0.05, 0.1) is 45.2 Å². The SMILES string of the molecule is COc1ccc(CO[C@@H](C/C=C/CO)[C@H](/C=C/[C@@H]2CC(C)=CCO2)O[Si](C(C)C)(C(C)C)C(C)C)cc1. The lowest BCUT2D eigenvalue weighted by atomic mass is 10.0. The molecule has 1 N–H and O–H groups in total. The van der Waals surface area contributed by atoms with Crippen LogP contribution in [0, 0.1) is 0 Å². The van der Waals surface area contributed by atoms with Gasteiger partial charge in [-0.05, 0) is 54.1 Å². The van der Waals surface area contributed by atoms with Crippen LogP contribution in [0.3, 0.4) is 0 Å². The summed E-state index contributed by atoms with van der Waals surface area (Å²) < 4.78 is 25.2. The fourth-order valence-electron chi connectivity index (χ4n) is 5.54. The average Bonchev–Trinajstić information content (AvgIpc) is 2.86. The molecular weight excluding hydrogens is 480 g/mol. The van der Waals surface area contributed by atoms with E-state index in [4.69, 9.17) is 18.6 Å². The van der Waals surface area contributed by atoms with Gasteiger partial charge in [0.25, 0.3) is 0 Å². The summed E-state index contributed by atoms with van der Waals surface area (Å²) >= 11 is 0. The number of hydrogen-bond acceptors (Lipinski definition) is 5. The highest BCUT2D eigenvalue weighted by Crippen LogP contribution is 2.44. The summed E-state index contributed by atoms with van der Waals surface area (Å²) in [4.78, 5) is 0. The van der Waals surface area contributed by atoms with E-state index in [1.807, 2.05) is 30.3 Å². The van der Waals surface area contributed by atoms with E-state index in [0.717, 1.165) is 17.7 Å². The molecule has 0 saturated carbocycles. The van der Waals surface area contributed by atoms with Crippen LogP contribution in [0.4, 0.5) is 0 Å². The molecule has 208 valence electrons. The average molecular weight is 531 g/mol. The monoisotopic (exact) mass is 530 g/mol. The second-order valence-electron chi connectivity index (χ2n) is 11.0. The van der Waals surface area contributed by atoms with Crippen molar-refractivity contribution >= 4 is 8.32 Å². The van der Waals surface area contributed by atoms with Gasteiger partial charge in [0, 0.05) is 0 Å². The third-order valence-corrected chi connectivity index (χ3v) is 13.6. The molecule has 6 heteroatoms. The smallest absolute Gasteiger partial charge is 0.201 e. The van der Waals surface area contributed by atoms with Crippen LogP contribution < -0.4 is 4.74 Å². The van der Waals surface area contributed by atoms with E-state index in [9.17, 15) is 5.11 Å². The summed E-state index contributed by atoms with van der Waals surface area (Å²) in [6.45, 7) is 17.1. The van der Waals surface area contributed by atoms with Crippen LogP contribution in [0.15, 0.2) is 60.2 Å². The van der Waals surface area contributed by atoms with E-state index in [-0.39, 0.29) is 24.9 Å². The maximum Gasteiger partial charge on any atom is 0.201 e. The Morgan fingerprint density at radius 2 is 1.68 bits per heavy atom. The molecule has 0 amide bonds. The summed E-state index contributed by atoms with van der Waals surface area (Å²) in [5.41, 5.74) is 3.79. The molecule has 1 heterocycles. The molecular formula is C31H50O5Si. The van der Waals surface area contributed by atoms with E-state index in [0.29, 0.717) is 36.3 Å². The Morgan fingerprint density at radius 1 is 1.03 bits per heavy atom. The zero-order valence-corrected chi connectivity index (χ0v) is 25.3. The molecule has 37 heavy (non-hydrogen) atoms. The first-order chi connectivity index (χ1) is 17.6. The molecule has 1 aliphatic heterocycles. The maximum absolute atomic E-state index is 9.38. The van der Waals surface area contributed by atoms with E-state index >= 15 is 0 Å². The highest BCUT2D eigenvalue weighted by Gasteiger charge is 2.47. The lowest BCUT2D eigenvalue weighted by molar-refractivity contribution is -0.0215. The Hall–Kier alpha value is -1.70. The van der Waals surface area contributed by atoms with Gasteiger partial charge in [-0.2, -0.15) is 0 Å². The first-order valence-corrected chi connectivity index (χ1v) is 15.9. The summed E-state index contributed by atoms with van der Waals surface area (Å²) in [6, 6.07) is 7.98. The number of ether oxygens (including phenoxy) is 3. The Morgan fingerprint density at radius 3 is 2.22 bits per heavy atom. The van der Waals surface area contributed by atoms with Crippen LogP contribution in [0.1, 0.15) is 66.9 Å². The predicted molar refractivity (Wildman–Crippen MR) is 156 cm³/mol. The first kappa shape index (κ1) is 31.5. The molecule has 2 rings (SSSR count). The quantitative estimate of drug-likeness (QED) is 0.189. The third kappa shape index (κ3) is 9.22. The van der Waals surface area contributed by atoms with Crippen molar-refractivity contribution in [2.24, 2.45) is 0 Å². The summed E-state index contributed by atoms with van der Waals surface area (Å²) in [5.74, 6) is 0.828. The summed E-state index contributed by atoms with van der Waals surface area (Å²) in [6.07, 6.45) is 11.4. The van der Waals surface area contributed by atoms with Crippen LogP contribution in [0.2, 0.25) is 16.6 Å². The number of aliphatic hydroxyl groups excluding tert-OH is 1. The van der Waals surface area contributed by atoms with Gasteiger partial charge in [-0.15, -0.1) is 0 Å². The fraction of sp³-hybridized carbons (Fsp3) is 0.613. The number of benzene rings is 1. The molecule has 0 spiro atoms. The number of methoxy groups -OCH3 is 1. The largest absolute Gasteiger partial charge is 0.497 e. The van der Waals surface area contributed by atoms with E-state index in [2.05, 4.69) is 66.7 Å². The topological polar surface area (TPSA) is 57.2 Å². The van der Waals surface area contributed by atoms with Gasteiger partial charge in [-0.3, -0.25) is 0 Å². The van der Waals surface area contributed by atoms with Crippen LogP contribution in [0.5, 0.6) is 5.75 Å². The predicted octanol–water partition coefficient (Wildman–Crippen LogP) is 7.37.